The van der Waals surface area contributed by atoms with Gasteiger partial charge in [0.1, 0.15) is 17.4 Å². The number of rotatable bonds is 8. The summed E-state index contributed by atoms with van der Waals surface area (Å²) < 4.78 is 57.0. The summed E-state index contributed by atoms with van der Waals surface area (Å²) >= 11 is 0. The molecular weight excluding hydrogens is 741 g/mol. The normalized spacial score (nSPS) is 31.4. The summed E-state index contributed by atoms with van der Waals surface area (Å²) in [4.78, 5) is 50.6. The number of likely N-dealkylation sites (tertiary alicyclic amines) is 1. The number of hydrogen-bond donors (Lipinski definition) is 2. The zero-order valence-corrected chi connectivity index (χ0v) is 31.7. The van der Waals surface area contributed by atoms with E-state index in [1.54, 1.807) is 23.4 Å². The molecule has 2 aromatic heterocycles. The molecule has 11 rings (SSSR count). The largest absolute Gasteiger partial charge is 0.490 e. The maximum atomic E-state index is 15.0. The maximum Gasteiger partial charge on any atom is 0.434 e. The van der Waals surface area contributed by atoms with Crippen LogP contribution >= 0.6 is 0 Å². The van der Waals surface area contributed by atoms with Crippen molar-refractivity contribution in [3.05, 3.63) is 59.7 Å². The number of halogens is 3. The van der Waals surface area contributed by atoms with Gasteiger partial charge in [-0.3, -0.25) is 9.69 Å². The van der Waals surface area contributed by atoms with Gasteiger partial charge in [-0.2, -0.15) is 13.2 Å². The number of anilines is 3. The van der Waals surface area contributed by atoms with Gasteiger partial charge in [0, 0.05) is 68.7 Å². The molecule has 8 aliphatic rings. The molecule has 4 bridgehead atoms. The molecule has 1 spiro atoms. The Balaban J connectivity index is 0.942. The minimum absolute atomic E-state index is 0.0245. The third-order valence-corrected chi connectivity index (χ3v) is 14.3. The first-order valence-corrected chi connectivity index (χ1v) is 20.4. The van der Waals surface area contributed by atoms with Crippen LogP contribution in [-0.2, 0) is 21.1 Å². The number of hydrogen-bond acceptors (Lipinski definition) is 11. The summed E-state index contributed by atoms with van der Waals surface area (Å²) in [6.07, 6.45) is 6.22. The van der Waals surface area contributed by atoms with Gasteiger partial charge in [-0.15, -0.1) is 0 Å². The summed E-state index contributed by atoms with van der Waals surface area (Å²) in [5.41, 5.74) is -2.52. The quantitative estimate of drug-likeness (QED) is 0.309. The second-order valence-electron chi connectivity index (χ2n) is 17.5. The molecule has 4 aliphatic carbocycles. The molecule has 3 aromatic rings. The maximum absolute atomic E-state index is 15.0. The smallest absolute Gasteiger partial charge is 0.434 e. The van der Waals surface area contributed by atoms with Crippen molar-refractivity contribution in [1.82, 2.24) is 30.2 Å². The fraction of sp³-hybridized carbons (Fsp3) is 0.610. The van der Waals surface area contributed by atoms with Gasteiger partial charge in [-0.25, -0.2) is 24.7 Å². The number of amides is 1. The van der Waals surface area contributed by atoms with Crippen LogP contribution in [0.5, 0.6) is 5.75 Å². The van der Waals surface area contributed by atoms with Crippen LogP contribution in [0.3, 0.4) is 0 Å². The van der Waals surface area contributed by atoms with E-state index in [1.807, 2.05) is 18.2 Å². The number of aliphatic carboxylic acids is 1. The van der Waals surface area contributed by atoms with Gasteiger partial charge in [-0.1, -0.05) is 6.42 Å². The predicted octanol–water partition coefficient (Wildman–Crippen LogP) is 5.23. The van der Waals surface area contributed by atoms with Crippen LogP contribution in [0.25, 0.3) is 0 Å². The number of carbonyl (C=O) groups excluding carboxylic acids is 1. The van der Waals surface area contributed by atoms with Crippen LogP contribution in [0.4, 0.5) is 30.8 Å². The average Bonchev–Trinajstić information content (AvgIpc) is 3.66. The Morgan fingerprint density at radius 1 is 0.912 bits per heavy atom. The van der Waals surface area contributed by atoms with Crippen LogP contribution in [0.1, 0.15) is 79.4 Å². The van der Waals surface area contributed by atoms with Gasteiger partial charge < -0.3 is 29.7 Å². The molecule has 16 heteroatoms. The molecule has 1 amide bonds. The SMILES string of the molecule is O=C(NC1(C(=O)O)C2CCC3CC(C2)CC1C3)c1cnc(N2CC3(CCN(C4COC4)C3)c3cc(OC4CCN(c5ncccn5)CC4)ccc32)nc1C(F)(F)F. The minimum Gasteiger partial charge on any atom is -0.490 e. The molecule has 3 saturated heterocycles. The first-order chi connectivity index (χ1) is 27.5. The zero-order chi connectivity index (χ0) is 39.1. The van der Waals surface area contributed by atoms with Crippen LogP contribution in [-0.4, -0.2) is 105 Å². The highest BCUT2D eigenvalue weighted by molar-refractivity contribution is 5.99. The molecule has 1 aromatic carbocycles. The third kappa shape index (κ3) is 6.28. The Bertz CT molecular complexity index is 2040. The summed E-state index contributed by atoms with van der Waals surface area (Å²) in [5.74, 6) is -0.948. The Hall–Kier alpha value is -4.57. The van der Waals surface area contributed by atoms with Crippen molar-refractivity contribution < 1.29 is 37.3 Å². The third-order valence-electron chi connectivity index (χ3n) is 14.3. The molecule has 0 radical (unpaired) electrons. The van der Waals surface area contributed by atoms with Gasteiger partial charge in [-0.05, 0) is 98.6 Å². The van der Waals surface area contributed by atoms with Crippen LogP contribution in [0.2, 0.25) is 0 Å². The van der Waals surface area contributed by atoms with Crippen molar-refractivity contribution >= 4 is 29.5 Å². The Labute approximate surface area is 328 Å². The number of nitrogens with zero attached hydrogens (tertiary/aromatic N) is 7. The van der Waals surface area contributed by atoms with Gasteiger partial charge in [0.15, 0.2) is 5.69 Å². The lowest BCUT2D eigenvalue weighted by Crippen LogP contribution is -2.66. The first-order valence-electron chi connectivity index (χ1n) is 20.4. The van der Waals surface area contributed by atoms with E-state index in [-0.39, 0.29) is 23.9 Å². The van der Waals surface area contributed by atoms with E-state index < -0.39 is 40.3 Å². The Morgan fingerprint density at radius 2 is 1.68 bits per heavy atom. The Kier molecular flexibility index (Phi) is 8.88. The molecule has 6 unspecified atom stereocenters. The molecule has 57 heavy (non-hydrogen) atoms. The molecule has 13 nitrogen and oxygen atoms in total. The number of carboxylic acid groups (broad SMARTS) is 1. The van der Waals surface area contributed by atoms with E-state index in [4.69, 9.17) is 9.47 Å². The zero-order valence-electron chi connectivity index (χ0n) is 31.7. The summed E-state index contributed by atoms with van der Waals surface area (Å²) in [7, 11) is 0. The van der Waals surface area contributed by atoms with Gasteiger partial charge >= 0.3 is 12.1 Å². The van der Waals surface area contributed by atoms with E-state index >= 15 is 0 Å². The fourth-order valence-electron chi connectivity index (χ4n) is 11.5. The number of aromatic nitrogens is 4. The number of carboxylic acids is 1. The van der Waals surface area contributed by atoms with E-state index in [0.717, 1.165) is 63.5 Å². The monoisotopic (exact) mass is 788 g/mol. The molecule has 4 saturated carbocycles. The van der Waals surface area contributed by atoms with Crippen molar-refractivity contribution in [3.63, 3.8) is 0 Å². The standard InChI is InChI=1S/C41H47F3N8O5/c42-41(43,44)34-31(35(53)49-40(36(54)55)26-3-2-24-14-25(16-26)17-27(40)15-24)19-47-38(48-34)52-23-39(8-13-51(22-39)28-20-56-21-28)32-18-30(4-5-33(32)52)57-29-6-11-50(12-7-29)37-45-9-1-10-46-37/h1,4-5,9-10,18-19,24-29H,2-3,6-8,11-17,20-23H2,(H,49,53)(H,54,55). The van der Waals surface area contributed by atoms with Gasteiger partial charge in [0.25, 0.3) is 5.91 Å². The van der Waals surface area contributed by atoms with Gasteiger partial charge in [0.2, 0.25) is 11.9 Å². The van der Waals surface area contributed by atoms with E-state index in [0.29, 0.717) is 87.2 Å². The number of benzene rings is 1. The van der Waals surface area contributed by atoms with Crippen molar-refractivity contribution in [2.75, 3.05) is 55.7 Å². The second kappa shape index (κ2) is 13.8. The lowest BCUT2D eigenvalue weighted by Gasteiger charge is -2.50. The highest BCUT2D eigenvalue weighted by Gasteiger charge is 2.60. The van der Waals surface area contributed by atoms with Gasteiger partial charge in [0.05, 0.1) is 24.8 Å². The lowest BCUT2D eigenvalue weighted by molar-refractivity contribution is -0.154. The predicted molar refractivity (Wildman–Crippen MR) is 200 cm³/mol. The highest BCUT2D eigenvalue weighted by Crippen LogP contribution is 2.56. The number of ether oxygens (including phenoxy) is 2. The minimum atomic E-state index is -5.00. The van der Waals surface area contributed by atoms with E-state index in [2.05, 4.69) is 35.1 Å². The topological polar surface area (TPSA) is 146 Å². The van der Waals surface area contributed by atoms with Crippen LogP contribution < -0.4 is 19.9 Å². The summed E-state index contributed by atoms with van der Waals surface area (Å²) in [6.45, 7) is 4.66. The highest BCUT2D eigenvalue weighted by atomic mass is 19.4. The van der Waals surface area contributed by atoms with Crippen LogP contribution in [0.15, 0.2) is 42.9 Å². The first kappa shape index (κ1) is 36.7. The number of piperidine rings is 1. The van der Waals surface area contributed by atoms with E-state index in [9.17, 15) is 27.9 Å². The molecule has 302 valence electrons. The van der Waals surface area contributed by atoms with Crippen molar-refractivity contribution in [3.8, 4) is 5.75 Å². The number of alkyl halides is 3. The fourth-order valence-corrected chi connectivity index (χ4v) is 11.5. The average molecular weight is 789 g/mol. The molecule has 7 fully saturated rings. The molecular formula is C41H47F3N8O5. The van der Waals surface area contributed by atoms with Crippen molar-refractivity contribution in [1.29, 1.82) is 0 Å². The van der Waals surface area contributed by atoms with Crippen LogP contribution in [0, 0.1) is 23.7 Å². The summed E-state index contributed by atoms with van der Waals surface area (Å²) in [6, 6.07) is 7.86. The number of fused-ring (bicyclic) bond motifs is 3. The second-order valence-corrected chi connectivity index (χ2v) is 17.5. The number of carbonyl (C=O) groups is 2. The molecule has 2 N–H and O–H groups in total. The lowest BCUT2D eigenvalue weighted by atomic mass is 9.58. The molecule has 6 atom stereocenters. The number of nitrogens with one attached hydrogen (secondary N) is 1. The van der Waals surface area contributed by atoms with E-state index in [1.165, 1.54) is 0 Å². The molecule has 4 aliphatic heterocycles. The Morgan fingerprint density at radius 3 is 2.42 bits per heavy atom. The molecule has 6 heterocycles. The van der Waals surface area contributed by atoms with Crippen molar-refractivity contribution in [2.45, 2.75) is 87.1 Å². The summed E-state index contributed by atoms with van der Waals surface area (Å²) in [5, 5.41) is 13.4. The van der Waals surface area contributed by atoms with Crippen molar-refractivity contribution in [2.24, 2.45) is 23.7 Å².